The normalized spacial score (nSPS) is 18.7. The van der Waals surface area contributed by atoms with Gasteiger partial charge in [-0.25, -0.2) is 0 Å². The minimum atomic E-state index is -0.125. The zero-order valence-corrected chi connectivity index (χ0v) is 10.8. The maximum atomic E-state index is 11.3. The number of aliphatic hydroxyl groups excluding tert-OH is 1. The number of hydrogen-bond acceptors (Lipinski definition) is 3. The van der Waals surface area contributed by atoms with Crippen LogP contribution >= 0.6 is 0 Å². The van der Waals surface area contributed by atoms with Gasteiger partial charge in [-0.05, 0) is 42.4 Å². The predicted molar refractivity (Wildman–Crippen MR) is 69.7 cm³/mol. The fourth-order valence-corrected chi connectivity index (χ4v) is 2.67. The van der Waals surface area contributed by atoms with E-state index in [1.807, 2.05) is 18.2 Å². The molecular weight excluding hydrogens is 228 g/mol. The Kier molecular flexibility index (Phi) is 4.02. The molecule has 1 saturated carbocycles. The van der Waals surface area contributed by atoms with Gasteiger partial charge in [0, 0.05) is 19.4 Å². The Morgan fingerprint density at radius 2 is 2.06 bits per heavy atom. The summed E-state index contributed by atoms with van der Waals surface area (Å²) >= 11 is 0. The van der Waals surface area contributed by atoms with Crippen LogP contribution in [0.2, 0.25) is 0 Å². The molecular formula is C15H20O3. The fourth-order valence-electron chi connectivity index (χ4n) is 2.67. The minimum Gasteiger partial charge on any atom is -0.497 e. The SMILES string of the molecule is COc1cccc(CC2(CO)CCC(=O)CC2)c1. The van der Waals surface area contributed by atoms with Crippen molar-refractivity contribution in [1.29, 1.82) is 0 Å². The number of carbonyl (C=O) groups is 1. The molecule has 0 aromatic heterocycles. The average Bonchev–Trinajstić information content (AvgIpc) is 2.42. The van der Waals surface area contributed by atoms with Gasteiger partial charge in [0.05, 0.1) is 7.11 Å². The van der Waals surface area contributed by atoms with Crippen LogP contribution in [0.1, 0.15) is 31.2 Å². The molecule has 2 rings (SSSR count). The molecule has 3 heteroatoms. The van der Waals surface area contributed by atoms with E-state index in [0.29, 0.717) is 18.6 Å². The Balaban J connectivity index is 2.12. The van der Waals surface area contributed by atoms with Crippen molar-refractivity contribution >= 4 is 5.78 Å². The number of Topliss-reactive ketones (excluding diaryl/α,β-unsaturated/α-hetero) is 1. The number of ketones is 1. The van der Waals surface area contributed by atoms with Crippen LogP contribution in [0.25, 0.3) is 0 Å². The average molecular weight is 248 g/mol. The summed E-state index contributed by atoms with van der Waals surface area (Å²) in [7, 11) is 1.65. The van der Waals surface area contributed by atoms with Crippen molar-refractivity contribution in [3.05, 3.63) is 29.8 Å². The van der Waals surface area contributed by atoms with Gasteiger partial charge in [0.1, 0.15) is 11.5 Å². The molecule has 1 aromatic carbocycles. The van der Waals surface area contributed by atoms with Gasteiger partial charge >= 0.3 is 0 Å². The molecule has 1 fully saturated rings. The molecule has 1 aromatic rings. The van der Waals surface area contributed by atoms with Gasteiger partial charge in [0.15, 0.2) is 0 Å². The molecule has 0 aliphatic heterocycles. The first-order valence-electron chi connectivity index (χ1n) is 6.43. The maximum Gasteiger partial charge on any atom is 0.132 e. The van der Waals surface area contributed by atoms with Crippen LogP contribution in [0.15, 0.2) is 24.3 Å². The summed E-state index contributed by atoms with van der Waals surface area (Å²) in [6.07, 6.45) is 3.60. The smallest absolute Gasteiger partial charge is 0.132 e. The Morgan fingerprint density at radius 1 is 1.33 bits per heavy atom. The second-order valence-corrected chi connectivity index (χ2v) is 5.23. The second-order valence-electron chi connectivity index (χ2n) is 5.23. The fraction of sp³-hybridized carbons (Fsp3) is 0.533. The summed E-state index contributed by atoms with van der Waals surface area (Å²) in [5.74, 6) is 1.16. The van der Waals surface area contributed by atoms with E-state index >= 15 is 0 Å². The number of methoxy groups -OCH3 is 1. The van der Waals surface area contributed by atoms with Crippen molar-refractivity contribution in [3.63, 3.8) is 0 Å². The van der Waals surface area contributed by atoms with Crippen LogP contribution in [0, 0.1) is 5.41 Å². The van der Waals surface area contributed by atoms with Gasteiger partial charge in [0.25, 0.3) is 0 Å². The molecule has 98 valence electrons. The third-order valence-electron chi connectivity index (χ3n) is 3.92. The molecule has 0 amide bonds. The predicted octanol–water partition coefficient (Wildman–Crippen LogP) is 2.36. The lowest BCUT2D eigenvalue weighted by Gasteiger charge is -2.35. The highest BCUT2D eigenvalue weighted by atomic mass is 16.5. The summed E-state index contributed by atoms with van der Waals surface area (Å²) < 4.78 is 5.21. The van der Waals surface area contributed by atoms with Crippen molar-refractivity contribution in [2.45, 2.75) is 32.1 Å². The Bertz CT molecular complexity index is 416. The molecule has 0 spiro atoms. The molecule has 3 nitrogen and oxygen atoms in total. The number of carbonyl (C=O) groups excluding carboxylic acids is 1. The molecule has 0 unspecified atom stereocenters. The zero-order valence-electron chi connectivity index (χ0n) is 10.8. The molecule has 0 bridgehead atoms. The lowest BCUT2D eigenvalue weighted by molar-refractivity contribution is -0.123. The van der Waals surface area contributed by atoms with E-state index in [9.17, 15) is 9.90 Å². The summed E-state index contributed by atoms with van der Waals surface area (Å²) in [6.45, 7) is 0.150. The summed E-state index contributed by atoms with van der Waals surface area (Å²) in [4.78, 5) is 11.3. The van der Waals surface area contributed by atoms with E-state index in [0.717, 1.165) is 30.6 Å². The van der Waals surface area contributed by atoms with Crippen LogP contribution in [0.3, 0.4) is 0 Å². The summed E-state index contributed by atoms with van der Waals surface area (Å²) in [5, 5.41) is 9.67. The molecule has 0 radical (unpaired) electrons. The maximum absolute atomic E-state index is 11.3. The standard InChI is InChI=1S/C15H20O3/c1-18-14-4-2-3-12(9-14)10-15(11-16)7-5-13(17)6-8-15/h2-4,9,16H,5-8,10-11H2,1H3. The van der Waals surface area contributed by atoms with E-state index in [-0.39, 0.29) is 12.0 Å². The van der Waals surface area contributed by atoms with Crippen molar-refractivity contribution < 1.29 is 14.6 Å². The number of ether oxygens (including phenoxy) is 1. The molecule has 1 N–H and O–H groups in total. The number of aliphatic hydroxyl groups is 1. The molecule has 0 atom stereocenters. The topological polar surface area (TPSA) is 46.5 Å². The van der Waals surface area contributed by atoms with Crippen LogP contribution in [-0.4, -0.2) is 24.6 Å². The van der Waals surface area contributed by atoms with Gasteiger partial charge in [-0.15, -0.1) is 0 Å². The van der Waals surface area contributed by atoms with E-state index < -0.39 is 0 Å². The molecule has 0 heterocycles. The number of benzene rings is 1. The molecule has 1 aliphatic rings. The van der Waals surface area contributed by atoms with Crippen LogP contribution < -0.4 is 4.74 Å². The lowest BCUT2D eigenvalue weighted by Crippen LogP contribution is -2.33. The van der Waals surface area contributed by atoms with Crippen LogP contribution in [-0.2, 0) is 11.2 Å². The highest BCUT2D eigenvalue weighted by molar-refractivity contribution is 5.79. The van der Waals surface area contributed by atoms with Gasteiger partial charge in [-0.2, -0.15) is 0 Å². The van der Waals surface area contributed by atoms with E-state index in [1.54, 1.807) is 7.11 Å². The number of hydrogen-bond donors (Lipinski definition) is 1. The van der Waals surface area contributed by atoms with Crippen LogP contribution in [0.4, 0.5) is 0 Å². The first-order valence-corrected chi connectivity index (χ1v) is 6.43. The van der Waals surface area contributed by atoms with E-state index in [2.05, 4.69) is 6.07 Å². The first-order chi connectivity index (χ1) is 8.67. The number of rotatable bonds is 4. The first kappa shape index (κ1) is 13.1. The quantitative estimate of drug-likeness (QED) is 0.889. The van der Waals surface area contributed by atoms with Crippen molar-refractivity contribution in [3.8, 4) is 5.75 Å². The monoisotopic (exact) mass is 248 g/mol. The highest BCUT2D eigenvalue weighted by Crippen LogP contribution is 2.38. The van der Waals surface area contributed by atoms with Crippen molar-refractivity contribution in [2.75, 3.05) is 13.7 Å². The van der Waals surface area contributed by atoms with E-state index in [4.69, 9.17) is 4.74 Å². The van der Waals surface area contributed by atoms with Gasteiger partial charge in [-0.1, -0.05) is 12.1 Å². The molecule has 0 saturated heterocycles. The third kappa shape index (κ3) is 2.91. The lowest BCUT2D eigenvalue weighted by atomic mass is 9.70. The zero-order chi connectivity index (χ0) is 13.0. The Labute approximate surface area is 108 Å². The minimum absolute atomic E-state index is 0.125. The molecule has 18 heavy (non-hydrogen) atoms. The van der Waals surface area contributed by atoms with Gasteiger partial charge in [-0.3, -0.25) is 4.79 Å². The Morgan fingerprint density at radius 3 is 2.67 bits per heavy atom. The third-order valence-corrected chi connectivity index (χ3v) is 3.92. The summed E-state index contributed by atoms with van der Waals surface area (Å²) in [5.41, 5.74) is 1.04. The molecule has 1 aliphatic carbocycles. The Hall–Kier alpha value is -1.35. The van der Waals surface area contributed by atoms with Gasteiger partial charge < -0.3 is 9.84 Å². The largest absolute Gasteiger partial charge is 0.497 e. The van der Waals surface area contributed by atoms with Crippen LogP contribution in [0.5, 0.6) is 5.75 Å². The van der Waals surface area contributed by atoms with Gasteiger partial charge in [0.2, 0.25) is 0 Å². The highest BCUT2D eigenvalue weighted by Gasteiger charge is 2.34. The second kappa shape index (κ2) is 5.53. The van der Waals surface area contributed by atoms with E-state index in [1.165, 1.54) is 0 Å². The van der Waals surface area contributed by atoms with Crippen molar-refractivity contribution in [1.82, 2.24) is 0 Å². The summed E-state index contributed by atoms with van der Waals surface area (Å²) in [6, 6.07) is 7.94. The van der Waals surface area contributed by atoms with Crippen molar-refractivity contribution in [2.24, 2.45) is 5.41 Å².